The van der Waals surface area contributed by atoms with E-state index in [2.05, 4.69) is 47.9 Å². The van der Waals surface area contributed by atoms with Gasteiger partial charge in [-0.25, -0.2) is 0 Å². The highest BCUT2D eigenvalue weighted by atomic mass is 16.5. The van der Waals surface area contributed by atoms with Crippen LogP contribution < -0.4 is 9.47 Å². The van der Waals surface area contributed by atoms with E-state index in [1.807, 2.05) is 6.07 Å². The first-order chi connectivity index (χ1) is 11.7. The molecule has 124 valence electrons. The van der Waals surface area contributed by atoms with E-state index >= 15 is 0 Å². The second-order valence-corrected chi connectivity index (χ2v) is 6.68. The number of methoxy groups -OCH3 is 2. The molecule has 1 saturated heterocycles. The van der Waals surface area contributed by atoms with Gasteiger partial charge < -0.3 is 9.47 Å². The normalized spacial score (nSPS) is 22.3. The van der Waals surface area contributed by atoms with Gasteiger partial charge in [0.25, 0.3) is 0 Å². The van der Waals surface area contributed by atoms with Crippen molar-refractivity contribution < 1.29 is 9.47 Å². The van der Waals surface area contributed by atoms with E-state index in [0.29, 0.717) is 11.8 Å². The zero-order valence-electron chi connectivity index (χ0n) is 14.3. The van der Waals surface area contributed by atoms with Gasteiger partial charge in [-0.3, -0.25) is 4.90 Å². The van der Waals surface area contributed by atoms with E-state index < -0.39 is 0 Å². The Labute approximate surface area is 143 Å². The van der Waals surface area contributed by atoms with E-state index in [-0.39, 0.29) is 0 Å². The topological polar surface area (TPSA) is 21.7 Å². The van der Waals surface area contributed by atoms with Gasteiger partial charge in [0.1, 0.15) is 0 Å². The third-order valence-electron chi connectivity index (χ3n) is 5.39. The number of rotatable bonds is 4. The highest BCUT2D eigenvalue weighted by Gasteiger charge is 2.44. The van der Waals surface area contributed by atoms with Gasteiger partial charge in [-0.2, -0.15) is 0 Å². The lowest BCUT2D eigenvalue weighted by atomic mass is 9.94. The van der Waals surface area contributed by atoms with Crippen molar-refractivity contribution in [2.45, 2.75) is 12.5 Å². The average Bonchev–Trinajstić information content (AvgIpc) is 3.13. The maximum atomic E-state index is 5.70. The SMILES string of the molecule is C=C1c2ccc(OC)c(OC)c2C2CN(Cc3ccccc3)CC12. The van der Waals surface area contributed by atoms with Crippen molar-refractivity contribution in [3.8, 4) is 11.5 Å². The first-order valence-electron chi connectivity index (χ1n) is 8.43. The molecule has 0 radical (unpaired) electrons. The van der Waals surface area contributed by atoms with Crippen LogP contribution in [0.1, 0.15) is 22.6 Å². The molecule has 2 aliphatic rings. The van der Waals surface area contributed by atoms with Crippen molar-refractivity contribution >= 4 is 5.57 Å². The Bertz CT molecular complexity index is 769. The minimum Gasteiger partial charge on any atom is -0.493 e. The third kappa shape index (κ3) is 2.31. The summed E-state index contributed by atoms with van der Waals surface area (Å²) in [4.78, 5) is 2.53. The van der Waals surface area contributed by atoms with Crippen LogP contribution in [0.2, 0.25) is 0 Å². The zero-order valence-corrected chi connectivity index (χ0v) is 14.3. The van der Waals surface area contributed by atoms with Gasteiger partial charge in [0.15, 0.2) is 11.5 Å². The third-order valence-corrected chi connectivity index (χ3v) is 5.39. The Hall–Kier alpha value is -2.26. The molecule has 0 N–H and O–H groups in total. The Balaban J connectivity index is 1.65. The fourth-order valence-corrected chi connectivity index (χ4v) is 4.30. The molecular weight excluding hydrogens is 298 g/mol. The van der Waals surface area contributed by atoms with E-state index in [0.717, 1.165) is 31.1 Å². The minimum atomic E-state index is 0.446. The van der Waals surface area contributed by atoms with Crippen molar-refractivity contribution in [2.75, 3.05) is 27.3 Å². The second-order valence-electron chi connectivity index (χ2n) is 6.68. The molecule has 2 aromatic carbocycles. The van der Waals surface area contributed by atoms with Crippen molar-refractivity contribution in [2.24, 2.45) is 5.92 Å². The van der Waals surface area contributed by atoms with Gasteiger partial charge in [0.05, 0.1) is 14.2 Å². The lowest BCUT2D eigenvalue weighted by Gasteiger charge is -2.19. The molecule has 0 amide bonds. The summed E-state index contributed by atoms with van der Waals surface area (Å²) in [5.74, 6) is 2.61. The van der Waals surface area contributed by atoms with Gasteiger partial charge in [0, 0.05) is 37.0 Å². The summed E-state index contributed by atoms with van der Waals surface area (Å²) >= 11 is 0. The molecule has 1 aliphatic carbocycles. The van der Waals surface area contributed by atoms with E-state index in [4.69, 9.17) is 9.47 Å². The molecule has 3 heteroatoms. The Morgan fingerprint density at radius 2 is 1.75 bits per heavy atom. The average molecular weight is 321 g/mol. The summed E-state index contributed by atoms with van der Waals surface area (Å²) in [6.07, 6.45) is 0. The number of fused-ring (bicyclic) bond motifs is 3. The molecule has 3 nitrogen and oxygen atoms in total. The number of hydrogen-bond acceptors (Lipinski definition) is 3. The molecule has 2 atom stereocenters. The maximum Gasteiger partial charge on any atom is 0.164 e. The molecule has 24 heavy (non-hydrogen) atoms. The zero-order chi connectivity index (χ0) is 16.7. The fourth-order valence-electron chi connectivity index (χ4n) is 4.30. The summed E-state index contributed by atoms with van der Waals surface area (Å²) in [5, 5.41) is 0. The van der Waals surface area contributed by atoms with Gasteiger partial charge in [0.2, 0.25) is 0 Å². The molecule has 2 unspecified atom stereocenters. The Kier molecular flexibility index (Phi) is 3.81. The van der Waals surface area contributed by atoms with Gasteiger partial charge in [-0.05, 0) is 22.8 Å². The number of likely N-dealkylation sites (tertiary alicyclic amines) is 1. The van der Waals surface area contributed by atoms with Crippen molar-refractivity contribution in [1.29, 1.82) is 0 Å². The monoisotopic (exact) mass is 321 g/mol. The van der Waals surface area contributed by atoms with Crippen LogP contribution in [0, 0.1) is 5.92 Å². The largest absolute Gasteiger partial charge is 0.493 e. The summed E-state index contributed by atoms with van der Waals surface area (Å²) < 4.78 is 11.2. The smallest absolute Gasteiger partial charge is 0.164 e. The van der Waals surface area contributed by atoms with Crippen LogP contribution in [0.4, 0.5) is 0 Å². The molecular formula is C21H23NO2. The standard InChI is InChI=1S/C21H23NO2/c1-14-16-9-10-19(23-2)21(24-3)20(16)18-13-22(12-17(14)18)11-15-7-5-4-6-8-15/h4-10,17-18H,1,11-13H2,2-3H3. The van der Waals surface area contributed by atoms with Crippen LogP contribution in [0.15, 0.2) is 49.0 Å². The predicted octanol–water partition coefficient (Wildman–Crippen LogP) is 3.95. The summed E-state index contributed by atoms with van der Waals surface area (Å²) in [5.41, 5.74) is 5.14. The molecule has 0 bridgehead atoms. The molecule has 1 fully saturated rings. The molecule has 1 heterocycles. The van der Waals surface area contributed by atoms with Gasteiger partial charge >= 0.3 is 0 Å². The van der Waals surface area contributed by atoms with Crippen molar-refractivity contribution in [1.82, 2.24) is 4.90 Å². The second kappa shape index (κ2) is 5.99. The van der Waals surface area contributed by atoms with Crippen LogP contribution in [-0.4, -0.2) is 32.2 Å². The van der Waals surface area contributed by atoms with E-state index in [1.54, 1.807) is 14.2 Å². The first-order valence-corrected chi connectivity index (χ1v) is 8.43. The van der Waals surface area contributed by atoms with Crippen molar-refractivity contribution in [3.63, 3.8) is 0 Å². The van der Waals surface area contributed by atoms with Crippen LogP contribution in [0.25, 0.3) is 5.57 Å². The van der Waals surface area contributed by atoms with E-state index in [1.165, 1.54) is 22.3 Å². The number of nitrogens with zero attached hydrogens (tertiary/aromatic N) is 1. The molecule has 4 rings (SSSR count). The van der Waals surface area contributed by atoms with E-state index in [9.17, 15) is 0 Å². The number of benzene rings is 2. The predicted molar refractivity (Wildman–Crippen MR) is 96.5 cm³/mol. The summed E-state index contributed by atoms with van der Waals surface area (Å²) in [6.45, 7) is 7.47. The van der Waals surface area contributed by atoms with Crippen LogP contribution in [0.5, 0.6) is 11.5 Å². The number of ether oxygens (including phenoxy) is 2. The van der Waals surface area contributed by atoms with Gasteiger partial charge in [-0.1, -0.05) is 43.0 Å². The minimum absolute atomic E-state index is 0.446. The first kappa shape index (κ1) is 15.3. The molecule has 0 saturated carbocycles. The highest BCUT2D eigenvalue weighted by molar-refractivity contribution is 5.79. The number of hydrogen-bond donors (Lipinski definition) is 0. The summed E-state index contributed by atoms with van der Waals surface area (Å²) in [6, 6.07) is 14.8. The highest BCUT2D eigenvalue weighted by Crippen LogP contribution is 2.54. The maximum absolute atomic E-state index is 5.70. The van der Waals surface area contributed by atoms with Crippen molar-refractivity contribution in [3.05, 3.63) is 65.7 Å². The lowest BCUT2D eigenvalue weighted by molar-refractivity contribution is 0.319. The molecule has 1 aliphatic heterocycles. The lowest BCUT2D eigenvalue weighted by Crippen LogP contribution is -2.21. The van der Waals surface area contributed by atoms with Crippen LogP contribution in [-0.2, 0) is 6.54 Å². The fraction of sp³-hybridized carbons (Fsp3) is 0.333. The summed E-state index contributed by atoms with van der Waals surface area (Å²) in [7, 11) is 3.42. The van der Waals surface area contributed by atoms with Gasteiger partial charge in [-0.15, -0.1) is 0 Å². The Morgan fingerprint density at radius 3 is 2.46 bits per heavy atom. The Morgan fingerprint density at radius 1 is 1.00 bits per heavy atom. The van der Waals surface area contributed by atoms with Crippen LogP contribution in [0.3, 0.4) is 0 Å². The molecule has 0 spiro atoms. The quantitative estimate of drug-likeness (QED) is 0.851. The molecule has 0 aromatic heterocycles. The van der Waals surface area contributed by atoms with Crippen LogP contribution >= 0.6 is 0 Å². The molecule has 2 aromatic rings.